The molecular weight excluding hydrogens is 294 g/mol. The third-order valence-electron chi connectivity index (χ3n) is 4.77. The quantitative estimate of drug-likeness (QED) is 0.736. The number of aromatic nitrogens is 2. The number of carbonyl (C=O) groups is 2. The molecule has 0 aromatic carbocycles. The van der Waals surface area contributed by atoms with Crippen molar-refractivity contribution in [2.75, 3.05) is 39.8 Å². The van der Waals surface area contributed by atoms with E-state index >= 15 is 0 Å². The predicted octanol–water partition coefficient (Wildman–Crippen LogP) is 0.0213. The van der Waals surface area contributed by atoms with Crippen molar-refractivity contribution >= 4 is 11.8 Å². The summed E-state index contributed by atoms with van der Waals surface area (Å²) < 4.78 is 0. The van der Waals surface area contributed by atoms with E-state index in [9.17, 15) is 9.59 Å². The minimum Gasteiger partial charge on any atom is -0.343 e. The summed E-state index contributed by atoms with van der Waals surface area (Å²) in [5.41, 5.74) is -0.124. The van der Waals surface area contributed by atoms with Crippen LogP contribution in [-0.4, -0.2) is 82.0 Å². The number of rotatable bonds is 3. The molecule has 0 N–H and O–H groups in total. The van der Waals surface area contributed by atoms with Gasteiger partial charge in [0.2, 0.25) is 5.91 Å². The molecular formula is C16H21N5O2. The largest absolute Gasteiger partial charge is 0.343 e. The lowest BCUT2D eigenvalue weighted by molar-refractivity contribution is -0.148. The minimum atomic E-state index is -0.628. The molecule has 0 saturated carbocycles. The molecule has 0 bridgehead atoms. The van der Waals surface area contributed by atoms with Crippen LogP contribution in [0.4, 0.5) is 0 Å². The molecule has 1 atom stereocenters. The molecule has 1 spiro atoms. The molecule has 2 amide bonds. The number of likely N-dealkylation sites (tertiary alicyclic amines) is 1. The van der Waals surface area contributed by atoms with Crippen LogP contribution < -0.4 is 0 Å². The van der Waals surface area contributed by atoms with Crippen LogP contribution in [0.5, 0.6) is 0 Å². The van der Waals surface area contributed by atoms with Gasteiger partial charge in [-0.3, -0.25) is 14.5 Å². The number of nitrogens with zero attached hydrogens (tertiary/aromatic N) is 5. The zero-order valence-electron chi connectivity index (χ0n) is 13.3. The lowest BCUT2D eigenvalue weighted by Crippen LogP contribution is -2.66. The molecule has 7 heteroatoms. The number of hydrogen-bond donors (Lipinski definition) is 0. The van der Waals surface area contributed by atoms with Crippen molar-refractivity contribution < 1.29 is 9.59 Å². The van der Waals surface area contributed by atoms with Crippen molar-refractivity contribution in [3.63, 3.8) is 0 Å². The molecule has 2 fully saturated rings. The smallest absolute Gasteiger partial charge is 0.255 e. The van der Waals surface area contributed by atoms with Gasteiger partial charge in [-0.1, -0.05) is 6.08 Å². The monoisotopic (exact) mass is 315 g/mol. The summed E-state index contributed by atoms with van der Waals surface area (Å²) in [5, 5.41) is 7.45. The Morgan fingerprint density at radius 1 is 1.39 bits per heavy atom. The first-order valence-corrected chi connectivity index (χ1v) is 7.76. The summed E-state index contributed by atoms with van der Waals surface area (Å²) >= 11 is 0. The molecule has 2 aliphatic rings. The van der Waals surface area contributed by atoms with E-state index in [-0.39, 0.29) is 11.8 Å². The van der Waals surface area contributed by atoms with Gasteiger partial charge in [0.05, 0.1) is 18.0 Å². The summed E-state index contributed by atoms with van der Waals surface area (Å²) in [6.45, 7) is 6.92. The van der Waals surface area contributed by atoms with Gasteiger partial charge in [0, 0.05) is 39.8 Å². The van der Waals surface area contributed by atoms with Gasteiger partial charge in [0.25, 0.3) is 5.91 Å². The molecule has 3 heterocycles. The second kappa shape index (κ2) is 6.08. The molecule has 3 rings (SSSR count). The van der Waals surface area contributed by atoms with Crippen molar-refractivity contribution in [3.8, 4) is 0 Å². The van der Waals surface area contributed by atoms with Gasteiger partial charge < -0.3 is 9.80 Å². The standard InChI is InChI=1S/C16H21N5O2/c1-3-7-21-10-9-19(2)15(23)16(21)5-8-20(12-16)14(22)13-4-6-17-18-11-13/h3-4,6,11H,1,5,7-10,12H2,2H3. The van der Waals surface area contributed by atoms with E-state index in [4.69, 9.17) is 0 Å². The fourth-order valence-electron chi connectivity index (χ4n) is 3.50. The molecule has 0 aliphatic carbocycles. The second-order valence-corrected chi connectivity index (χ2v) is 6.10. The van der Waals surface area contributed by atoms with Crippen LogP contribution in [-0.2, 0) is 4.79 Å². The number of amides is 2. The SMILES string of the molecule is C=CCN1CCN(C)C(=O)C12CCN(C(=O)c1ccnnc1)C2. The Bertz CT molecular complexity index is 620. The lowest BCUT2D eigenvalue weighted by atomic mass is 9.91. The number of carbonyl (C=O) groups excluding carboxylic acids is 2. The topological polar surface area (TPSA) is 69.6 Å². The maximum atomic E-state index is 12.8. The normalized spacial score (nSPS) is 25.2. The Morgan fingerprint density at radius 3 is 2.91 bits per heavy atom. The van der Waals surface area contributed by atoms with Crippen LogP contribution in [0.2, 0.25) is 0 Å². The Morgan fingerprint density at radius 2 is 2.22 bits per heavy atom. The maximum absolute atomic E-state index is 12.8. The van der Waals surface area contributed by atoms with E-state index in [2.05, 4.69) is 21.7 Å². The molecule has 1 aromatic rings. The first-order chi connectivity index (χ1) is 11.1. The molecule has 0 radical (unpaired) electrons. The van der Waals surface area contributed by atoms with E-state index in [1.807, 2.05) is 13.1 Å². The Labute approximate surface area is 135 Å². The van der Waals surface area contributed by atoms with Crippen molar-refractivity contribution in [1.82, 2.24) is 24.9 Å². The van der Waals surface area contributed by atoms with Gasteiger partial charge in [-0.15, -0.1) is 6.58 Å². The fraction of sp³-hybridized carbons (Fsp3) is 0.500. The highest BCUT2D eigenvalue weighted by atomic mass is 16.2. The number of hydrogen-bond acceptors (Lipinski definition) is 5. The van der Waals surface area contributed by atoms with Crippen LogP contribution in [0, 0.1) is 0 Å². The third kappa shape index (κ3) is 2.61. The highest BCUT2D eigenvalue weighted by molar-refractivity contribution is 5.96. The van der Waals surface area contributed by atoms with Crippen molar-refractivity contribution in [2.24, 2.45) is 0 Å². The van der Waals surface area contributed by atoms with Crippen molar-refractivity contribution in [2.45, 2.75) is 12.0 Å². The number of piperazine rings is 1. The van der Waals surface area contributed by atoms with E-state index < -0.39 is 5.54 Å². The molecule has 1 aromatic heterocycles. The summed E-state index contributed by atoms with van der Waals surface area (Å²) in [7, 11) is 1.83. The molecule has 1 unspecified atom stereocenters. The zero-order valence-corrected chi connectivity index (χ0v) is 13.3. The first kappa shape index (κ1) is 15.6. The Kier molecular flexibility index (Phi) is 4.12. The van der Waals surface area contributed by atoms with Crippen molar-refractivity contribution in [3.05, 3.63) is 36.7 Å². The summed E-state index contributed by atoms with van der Waals surface area (Å²) in [6.07, 6.45) is 5.43. The molecule has 7 nitrogen and oxygen atoms in total. The summed E-state index contributed by atoms with van der Waals surface area (Å²) in [4.78, 5) is 31.1. The average Bonchev–Trinajstić information content (AvgIpc) is 3.02. The van der Waals surface area contributed by atoms with Gasteiger partial charge >= 0.3 is 0 Å². The van der Waals surface area contributed by atoms with Crippen LogP contribution in [0.3, 0.4) is 0 Å². The minimum absolute atomic E-state index is 0.0914. The maximum Gasteiger partial charge on any atom is 0.255 e. The van der Waals surface area contributed by atoms with E-state index in [0.29, 0.717) is 38.2 Å². The van der Waals surface area contributed by atoms with Gasteiger partial charge in [-0.05, 0) is 12.5 Å². The van der Waals surface area contributed by atoms with E-state index in [1.165, 1.54) is 12.4 Å². The van der Waals surface area contributed by atoms with Gasteiger partial charge in [-0.2, -0.15) is 10.2 Å². The Hall–Kier alpha value is -2.28. The van der Waals surface area contributed by atoms with Gasteiger partial charge in [0.15, 0.2) is 0 Å². The third-order valence-corrected chi connectivity index (χ3v) is 4.77. The molecule has 23 heavy (non-hydrogen) atoms. The molecule has 2 aliphatic heterocycles. The number of likely N-dealkylation sites (N-methyl/N-ethyl adjacent to an activating group) is 1. The van der Waals surface area contributed by atoms with E-state index in [0.717, 1.165) is 6.54 Å². The Balaban J connectivity index is 1.84. The second-order valence-electron chi connectivity index (χ2n) is 6.10. The predicted molar refractivity (Wildman–Crippen MR) is 84.7 cm³/mol. The van der Waals surface area contributed by atoms with Crippen LogP contribution >= 0.6 is 0 Å². The van der Waals surface area contributed by atoms with Crippen LogP contribution in [0.25, 0.3) is 0 Å². The first-order valence-electron chi connectivity index (χ1n) is 7.76. The highest BCUT2D eigenvalue weighted by Gasteiger charge is 2.53. The van der Waals surface area contributed by atoms with Gasteiger partial charge in [-0.25, -0.2) is 0 Å². The summed E-state index contributed by atoms with van der Waals surface area (Å²) in [6, 6.07) is 1.65. The average molecular weight is 315 g/mol. The van der Waals surface area contributed by atoms with E-state index in [1.54, 1.807) is 15.9 Å². The van der Waals surface area contributed by atoms with Crippen LogP contribution in [0.15, 0.2) is 31.1 Å². The molecule has 2 saturated heterocycles. The van der Waals surface area contributed by atoms with Gasteiger partial charge in [0.1, 0.15) is 5.54 Å². The van der Waals surface area contributed by atoms with Crippen LogP contribution in [0.1, 0.15) is 16.8 Å². The zero-order chi connectivity index (χ0) is 16.4. The summed E-state index contributed by atoms with van der Waals surface area (Å²) in [5.74, 6) is -0.00916. The van der Waals surface area contributed by atoms with Crippen molar-refractivity contribution in [1.29, 1.82) is 0 Å². The fourth-order valence-corrected chi connectivity index (χ4v) is 3.50. The highest BCUT2D eigenvalue weighted by Crippen LogP contribution is 2.33. The molecule has 122 valence electrons. The lowest BCUT2D eigenvalue weighted by Gasteiger charge is -2.46.